The largest absolute Gasteiger partial charge is 0.456 e. The third kappa shape index (κ3) is 1.95. The van der Waals surface area contributed by atoms with Gasteiger partial charge >= 0.3 is 0 Å². The predicted octanol–water partition coefficient (Wildman–Crippen LogP) is 7.06. The molecule has 0 aliphatic heterocycles. The van der Waals surface area contributed by atoms with Crippen molar-refractivity contribution in [3.05, 3.63) is 83.9 Å². The van der Waals surface area contributed by atoms with Gasteiger partial charge in [-0.05, 0) is 40.6 Å². The maximum absolute atomic E-state index is 6.44. The quantitative estimate of drug-likeness (QED) is 0.321. The molecule has 0 saturated heterocycles. The van der Waals surface area contributed by atoms with Crippen molar-refractivity contribution >= 4 is 44.3 Å². The topological polar surface area (TPSA) is 13.1 Å². The van der Waals surface area contributed by atoms with Gasteiger partial charge in [0.2, 0.25) is 0 Å². The first kappa shape index (κ1) is 13.6. The molecule has 0 radical (unpaired) electrons. The molecule has 1 heterocycles. The number of fused-ring (bicyclic) bond motifs is 4. The Balaban J connectivity index is 1.95. The summed E-state index contributed by atoms with van der Waals surface area (Å²) in [6, 6.07) is 26.7. The Bertz CT molecular complexity index is 1220. The maximum atomic E-state index is 6.44. The van der Waals surface area contributed by atoms with E-state index in [-0.39, 0.29) is 0 Å². The molecular weight excluding hydrogens is 316 g/mol. The van der Waals surface area contributed by atoms with Gasteiger partial charge in [0, 0.05) is 21.4 Å². The Kier molecular flexibility index (Phi) is 2.91. The van der Waals surface area contributed by atoms with Crippen LogP contribution in [0.5, 0.6) is 0 Å². The number of rotatable bonds is 1. The lowest BCUT2D eigenvalue weighted by Crippen LogP contribution is -1.81. The standard InChI is InChI=1S/C22H13ClO/c23-19-10-4-3-8-16(19)17-9-5-11-20-22(17)18-12-14-6-1-2-7-15(14)13-21(18)24-20/h1-13H. The van der Waals surface area contributed by atoms with Gasteiger partial charge in [-0.25, -0.2) is 0 Å². The summed E-state index contributed by atoms with van der Waals surface area (Å²) in [5, 5.41) is 5.38. The number of hydrogen-bond acceptors (Lipinski definition) is 1. The van der Waals surface area contributed by atoms with Crippen molar-refractivity contribution < 1.29 is 4.42 Å². The highest BCUT2D eigenvalue weighted by Gasteiger charge is 2.14. The summed E-state index contributed by atoms with van der Waals surface area (Å²) >= 11 is 6.44. The van der Waals surface area contributed by atoms with Gasteiger partial charge in [0.1, 0.15) is 11.2 Å². The first-order valence-corrected chi connectivity index (χ1v) is 8.28. The average molecular weight is 329 g/mol. The van der Waals surface area contributed by atoms with Crippen molar-refractivity contribution in [2.24, 2.45) is 0 Å². The van der Waals surface area contributed by atoms with E-state index in [4.69, 9.17) is 16.0 Å². The Morgan fingerprint density at radius 1 is 0.625 bits per heavy atom. The van der Waals surface area contributed by atoms with Gasteiger partial charge < -0.3 is 4.42 Å². The molecule has 0 amide bonds. The van der Waals surface area contributed by atoms with E-state index < -0.39 is 0 Å². The SMILES string of the molecule is Clc1ccccc1-c1cccc2oc3cc4ccccc4cc3c12. The van der Waals surface area contributed by atoms with Crippen LogP contribution in [0, 0.1) is 0 Å². The van der Waals surface area contributed by atoms with E-state index >= 15 is 0 Å². The lowest BCUT2D eigenvalue weighted by Gasteiger charge is -2.06. The van der Waals surface area contributed by atoms with Crippen molar-refractivity contribution in [2.75, 3.05) is 0 Å². The van der Waals surface area contributed by atoms with Gasteiger partial charge in [-0.2, -0.15) is 0 Å². The molecule has 5 rings (SSSR count). The summed E-state index contributed by atoms with van der Waals surface area (Å²) in [4.78, 5) is 0. The summed E-state index contributed by atoms with van der Waals surface area (Å²) in [5.74, 6) is 0. The van der Waals surface area contributed by atoms with Gasteiger partial charge in [0.25, 0.3) is 0 Å². The average Bonchev–Trinajstić information content (AvgIpc) is 2.98. The molecule has 1 nitrogen and oxygen atoms in total. The molecule has 114 valence electrons. The summed E-state index contributed by atoms with van der Waals surface area (Å²) in [6.07, 6.45) is 0. The van der Waals surface area contributed by atoms with E-state index in [1.54, 1.807) is 0 Å². The number of halogens is 1. The second-order valence-electron chi connectivity index (χ2n) is 5.96. The Morgan fingerprint density at radius 2 is 1.33 bits per heavy atom. The molecular formula is C22H13ClO. The van der Waals surface area contributed by atoms with E-state index in [0.717, 1.165) is 38.1 Å². The Hall–Kier alpha value is -2.77. The van der Waals surface area contributed by atoms with Crippen LogP contribution in [-0.4, -0.2) is 0 Å². The third-order valence-corrected chi connectivity index (χ3v) is 4.86. The molecule has 2 heteroatoms. The molecule has 0 bridgehead atoms. The van der Waals surface area contributed by atoms with Gasteiger partial charge in [0.15, 0.2) is 0 Å². The van der Waals surface area contributed by atoms with Crippen LogP contribution in [0.2, 0.25) is 5.02 Å². The summed E-state index contributed by atoms with van der Waals surface area (Å²) in [5.41, 5.74) is 3.92. The zero-order chi connectivity index (χ0) is 16.1. The molecule has 0 unspecified atom stereocenters. The zero-order valence-corrected chi connectivity index (χ0v) is 13.5. The first-order chi connectivity index (χ1) is 11.8. The fourth-order valence-corrected chi connectivity index (χ4v) is 3.65. The highest BCUT2D eigenvalue weighted by Crippen LogP contribution is 2.40. The minimum atomic E-state index is 0.750. The maximum Gasteiger partial charge on any atom is 0.136 e. The minimum absolute atomic E-state index is 0.750. The van der Waals surface area contributed by atoms with Crippen molar-refractivity contribution in [3.63, 3.8) is 0 Å². The van der Waals surface area contributed by atoms with Crippen LogP contribution in [0.1, 0.15) is 0 Å². The van der Waals surface area contributed by atoms with Crippen LogP contribution in [0.3, 0.4) is 0 Å². The molecule has 0 aliphatic carbocycles. The van der Waals surface area contributed by atoms with Crippen molar-refractivity contribution in [2.45, 2.75) is 0 Å². The summed E-state index contributed by atoms with van der Waals surface area (Å²) in [6.45, 7) is 0. The molecule has 0 aliphatic rings. The normalized spacial score (nSPS) is 11.5. The lowest BCUT2D eigenvalue weighted by molar-refractivity contribution is 0.669. The van der Waals surface area contributed by atoms with E-state index in [0.29, 0.717) is 0 Å². The van der Waals surface area contributed by atoms with Gasteiger partial charge in [-0.1, -0.05) is 66.2 Å². The van der Waals surface area contributed by atoms with Crippen LogP contribution in [-0.2, 0) is 0 Å². The number of benzene rings is 4. The molecule has 4 aromatic carbocycles. The Morgan fingerprint density at radius 3 is 2.17 bits per heavy atom. The van der Waals surface area contributed by atoms with Crippen LogP contribution in [0.25, 0.3) is 43.8 Å². The second-order valence-corrected chi connectivity index (χ2v) is 6.36. The van der Waals surface area contributed by atoms with Crippen LogP contribution >= 0.6 is 11.6 Å². The fourth-order valence-electron chi connectivity index (χ4n) is 3.42. The fraction of sp³-hybridized carbons (Fsp3) is 0. The van der Waals surface area contributed by atoms with Gasteiger partial charge in [-0.3, -0.25) is 0 Å². The lowest BCUT2D eigenvalue weighted by atomic mass is 9.98. The zero-order valence-electron chi connectivity index (χ0n) is 12.8. The minimum Gasteiger partial charge on any atom is -0.456 e. The van der Waals surface area contributed by atoms with E-state index in [1.807, 2.05) is 36.4 Å². The molecule has 0 N–H and O–H groups in total. The predicted molar refractivity (Wildman–Crippen MR) is 102 cm³/mol. The second kappa shape index (κ2) is 5.12. The van der Waals surface area contributed by atoms with Crippen LogP contribution in [0.15, 0.2) is 83.3 Å². The van der Waals surface area contributed by atoms with Crippen molar-refractivity contribution in [1.29, 1.82) is 0 Å². The highest BCUT2D eigenvalue weighted by atomic mass is 35.5. The molecule has 5 aromatic rings. The number of hydrogen-bond donors (Lipinski definition) is 0. The van der Waals surface area contributed by atoms with Crippen LogP contribution in [0.4, 0.5) is 0 Å². The summed E-state index contributed by atoms with van der Waals surface area (Å²) in [7, 11) is 0. The number of furan rings is 1. The van der Waals surface area contributed by atoms with E-state index in [9.17, 15) is 0 Å². The molecule has 0 saturated carbocycles. The van der Waals surface area contributed by atoms with Gasteiger partial charge in [0.05, 0.1) is 0 Å². The van der Waals surface area contributed by atoms with Crippen LogP contribution < -0.4 is 0 Å². The molecule has 0 fully saturated rings. The third-order valence-electron chi connectivity index (χ3n) is 4.53. The monoisotopic (exact) mass is 328 g/mol. The van der Waals surface area contributed by atoms with Gasteiger partial charge in [-0.15, -0.1) is 0 Å². The summed E-state index contributed by atoms with van der Waals surface area (Å²) < 4.78 is 6.12. The molecule has 0 spiro atoms. The van der Waals surface area contributed by atoms with E-state index in [2.05, 4.69) is 42.5 Å². The van der Waals surface area contributed by atoms with E-state index in [1.165, 1.54) is 10.8 Å². The molecule has 0 atom stereocenters. The molecule has 24 heavy (non-hydrogen) atoms. The first-order valence-electron chi connectivity index (χ1n) is 7.90. The van der Waals surface area contributed by atoms with Crippen molar-refractivity contribution in [3.8, 4) is 11.1 Å². The smallest absolute Gasteiger partial charge is 0.136 e. The molecule has 1 aromatic heterocycles. The van der Waals surface area contributed by atoms with Crippen molar-refractivity contribution in [1.82, 2.24) is 0 Å². The highest BCUT2D eigenvalue weighted by molar-refractivity contribution is 6.34. The Labute approximate surface area is 144 Å².